The van der Waals surface area contributed by atoms with Gasteiger partial charge in [0.2, 0.25) is 0 Å². The van der Waals surface area contributed by atoms with Crippen LogP contribution in [0.25, 0.3) is 16.8 Å². The highest BCUT2D eigenvalue weighted by Crippen LogP contribution is 2.36. The Labute approximate surface area is 172 Å². The van der Waals surface area contributed by atoms with Crippen molar-refractivity contribution in [1.82, 2.24) is 14.6 Å². The molecule has 0 saturated carbocycles. The quantitative estimate of drug-likeness (QED) is 0.545. The molecule has 0 bridgehead atoms. The Balaban J connectivity index is 2.18. The third-order valence-corrected chi connectivity index (χ3v) is 4.93. The number of fused-ring (bicyclic) bond motifs is 1. The van der Waals surface area contributed by atoms with Crippen molar-refractivity contribution in [2.75, 3.05) is 45.9 Å². The van der Waals surface area contributed by atoms with E-state index < -0.39 is 0 Å². The van der Waals surface area contributed by atoms with Crippen LogP contribution in [0.15, 0.2) is 24.3 Å². The summed E-state index contributed by atoms with van der Waals surface area (Å²) in [7, 11) is 5.01. The number of benzene rings is 1. The average molecular weight is 399 g/mol. The molecule has 2 aromatic heterocycles. The molecule has 0 spiro atoms. The summed E-state index contributed by atoms with van der Waals surface area (Å²) in [6.45, 7) is 8.59. The van der Waals surface area contributed by atoms with Gasteiger partial charge in [0.25, 0.3) is 0 Å². The molecule has 1 aromatic carbocycles. The molecular weight excluding hydrogens is 368 g/mol. The highest BCUT2D eigenvalue weighted by atomic mass is 16.5. The smallest absolute Gasteiger partial charge is 0.165 e. The first kappa shape index (κ1) is 20.9. The zero-order valence-corrected chi connectivity index (χ0v) is 18.2. The van der Waals surface area contributed by atoms with Gasteiger partial charge in [-0.2, -0.15) is 9.61 Å². The highest BCUT2D eigenvalue weighted by molar-refractivity contribution is 5.82. The lowest BCUT2D eigenvalue weighted by Crippen LogP contribution is -2.30. The second kappa shape index (κ2) is 9.13. The maximum absolute atomic E-state index is 5.49. The Bertz CT molecular complexity index is 984. The number of hydrogen-bond acceptors (Lipinski definition) is 6. The molecule has 0 aliphatic rings. The summed E-state index contributed by atoms with van der Waals surface area (Å²) in [5, 5.41) is 4.84. The fourth-order valence-corrected chi connectivity index (χ4v) is 3.59. The lowest BCUT2D eigenvalue weighted by molar-refractivity contribution is 0.205. The Morgan fingerprint density at radius 1 is 1.00 bits per heavy atom. The van der Waals surface area contributed by atoms with E-state index in [4.69, 9.17) is 24.3 Å². The summed E-state index contributed by atoms with van der Waals surface area (Å²) in [5.41, 5.74) is 4.70. The van der Waals surface area contributed by atoms with Crippen LogP contribution in [-0.2, 0) is 4.74 Å². The van der Waals surface area contributed by atoms with Gasteiger partial charge in [0.15, 0.2) is 17.1 Å². The molecule has 29 heavy (non-hydrogen) atoms. The number of rotatable bonds is 9. The summed E-state index contributed by atoms with van der Waals surface area (Å²) in [6.07, 6.45) is 1.04. The van der Waals surface area contributed by atoms with Crippen molar-refractivity contribution in [2.45, 2.75) is 27.2 Å². The van der Waals surface area contributed by atoms with Gasteiger partial charge >= 0.3 is 0 Å². The molecule has 0 radical (unpaired) electrons. The SMILES string of the molecule is CCCN(CCOC)c1cc(C)nc2c(-c3ccc(OC)c(OC)c3)c(C)nn12. The second-order valence-corrected chi connectivity index (χ2v) is 7.00. The Morgan fingerprint density at radius 2 is 1.76 bits per heavy atom. The largest absolute Gasteiger partial charge is 0.493 e. The summed E-state index contributed by atoms with van der Waals surface area (Å²) in [5.74, 6) is 2.41. The highest BCUT2D eigenvalue weighted by Gasteiger charge is 2.20. The number of anilines is 1. The molecule has 0 amide bonds. The molecule has 2 heterocycles. The van der Waals surface area contributed by atoms with Crippen molar-refractivity contribution < 1.29 is 14.2 Å². The van der Waals surface area contributed by atoms with E-state index in [2.05, 4.69) is 17.9 Å². The topological polar surface area (TPSA) is 61.1 Å². The van der Waals surface area contributed by atoms with Crippen molar-refractivity contribution in [1.29, 1.82) is 0 Å². The molecule has 0 unspecified atom stereocenters. The van der Waals surface area contributed by atoms with Crippen LogP contribution in [-0.4, -0.2) is 55.6 Å². The molecule has 3 rings (SSSR count). The Kier molecular flexibility index (Phi) is 6.59. The molecular formula is C22H30N4O3. The van der Waals surface area contributed by atoms with Crippen molar-refractivity contribution in [3.8, 4) is 22.6 Å². The molecule has 0 fully saturated rings. The number of aromatic nitrogens is 3. The second-order valence-electron chi connectivity index (χ2n) is 7.00. The van der Waals surface area contributed by atoms with Gasteiger partial charge in [-0.1, -0.05) is 13.0 Å². The molecule has 0 aliphatic heterocycles. The van der Waals surface area contributed by atoms with E-state index in [0.29, 0.717) is 18.1 Å². The molecule has 7 heteroatoms. The summed E-state index contributed by atoms with van der Waals surface area (Å²) in [6, 6.07) is 7.99. The molecule has 0 aliphatic carbocycles. The number of methoxy groups -OCH3 is 3. The normalized spacial score (nSPS) is 11.1. The zero-order valence-electron chi connectivity index (χ0n) is 18.2. The van der Waals surface area contributed by atoms with Crippen LogP contribution >= 0.6 is 0 Å². The van der Waals surface area contributed by atoms with E-state index in [9.17, 15) is 0 Å². The van der Waals surface area contributed by atoms with Gasteiger partial charge in [0.1, 0.15) is 5.82 Å². The fraction of sp³-hybridized carbons (Fsp3) is 0.455. The monoisotopic (exact) mass is 398 g/mol. The standard InChI is InChI=1S/C22H30N4O3/c1-7-10-25(11-12-27-4)20-13-15(2)23-22-21(16(3)24-26(20)22)17-8-9-18(28-5)19(14-17)29-6/h8-9,13-14H,7,10-12H2,1-6H3. The van der Waals surface area contributed by atoms with Crippen LogP contribution in [0.4, 0.5) is 5.82 Å². The van der Waals surface area contributed by atoms with E-state index in [-0.39, 0.29) is 0 Å². The van der Waals surface area contributed by atoms with Gasteiger partial charge in [-0.3, -0.25) is 0 Å². The van der Waals surface area contributed by atoms with Crippen LogP contribution in [0, 0.1) is 13.8 Å². The lowest BCUT2D eigenvalue weighted by atomic mass is 10.1. The number of nitrogens with zero attached hydrogens (tertiary/aromatic N) is 4. The summed E-state index contributed by atoms with van der Waals surface area (Å²) >= 11 is 0. The number of hydrogen-bond donors (Lipinski definition) is 0. The van der Waals surface area contributed by atoms with E-state index in [0.717, 1.165) is 53.5 Å². The Hall–Kier alpha value is -2.80. The first-order valence-corrected chi connectivity index (χ1v) is 9.87. The van der Waals surface area contributed by atoms with Gasteiger partial charge < -0.3 is 19.1 Å². The van der Waals surface area contributed by atoms with Crippen LogP contribution in [0.3, 0.4) is 0 Å². The van der Waals surface area contributed by atoms with Gasteiger partial charge in [0.05, 0.1) is 26.5 Å². The van der Waals surface area contributed by atoms with Crippen LogP contribution in [0.2, 0.25) is 0 Å². The number of ether oxygens (including phenoxy) is 3. The predicted octanol–water partition coefficient (Wildman–Crippen LogP) is 3.89. The average Bonchev–Trinajstić information content (AvgIpc) is 3.05. The lowest BCUT2D eigenvalue weighted by Gasteiger charge is -2.24. The summed E-state index contributed by atoms with van der Waals surface area (Å²) in [4.78, 5) is 7.13. The third-order valence-electron chi connectivity index (χ3n) is 4.93. The third kappa shape index (κ3) is 4.15. The van der Waals surface area contributed by atoms with Gasteiger partial charge in [-0.05, 0) is 38.0 Å². The Morgan fingerprint density at radius 3 is 2.41 bits per heavy atom. The van der Waals surface area contributed by atoms with Gasteiger partial charge in [0, 0.05) is 37.5 Å². The minimum Gasteiger partial charge on any atom is -0.493 e. The maximum atomic E-state index is 5.49. The van der Waals surface area contributed by atoms with Crippen molar-refractivity contribution in [2.24, 2.45) is 0 Å². The first-order chi connectivity index (χ1) is 14.0. The molecule has 7 nitrogen and oxygen atoms in total. The van der Waals surface area contributed by atoms with Crippen LogP contribution in [0.1, 0.15) is 24.7 Å². The van der Waals surface area contributed by atoms with Crippen LogP contribution in [0.5, 0.6) is 11.5 Å². The molecule has 0 N–H and O–H groups in total. The van der Waals surface area contributed by atoms with Crippen molar-refractivity contribution >= 4 is 11.5 Å². The number of aryl methyl sites for hydroxylation is 2. The molecule has 156 valence electrons. The van der Waals surface area contributed by atoms with E-state index in [1.165, 1.54) is 0 Å². The van der Waals surface area contributed by atoms with Crippen molar-refractivity contribution in [3.63, 3.8) is 0 Å². The van der Waals surface area contributed by atoms with Gasteiger partial charge in [-0.25, -0.2) is 4.98 Å². The maximum Gasteiger partial charge on any atom is 0.165 e. The van der Waals surface area contributed by atoms with E-state index in [1.54, 1.807) is 21.3 Å². The fourth-order valence-electron chi connectivity index (χ4n) is 3.59. The molecule has 3 aromatic rings. The summed E-state index contributed by atoms with van der Waals surface area (Å²) < 4.78 is 18.1. The molecule has 0 atom stereocenters. The van der Waals surface area contributed by atoms with E-state index >= 15 is 0 Å². The van der Waals surface area contributed by atoms with Crippen molar-refractivity contribution in [3.05, 3.63) is 35.7 Å². The molecule has 0 saturated heterocycles. The minimum absolute atomic E-state index is 0.658. The van der Waals surface area contributed by atoms with E-state index in [1.807, 2.05) is 36.6 Å². The zero-order chi connectivity index (χ0) is 21.0. The predicted molar refractivity (Wildman–Crippen MR) is 115 cm³/mol. The minimum atomic E-state index is 0.658. The first-order valence-electron chi connectivity index (χ1n) is 9.87. The van der Waals surface area contributed by atoms with Gasteiger partial charge in [-0.15, -0.1) is 0 Å². The van der Waals surface area contributed by atoms with Crippen LogP contribution < -0.4 is 14.4 Å².